The van der Waals surface area contributed by atoms with Crippen molar-refractivity contribution in [1.29, 1.82) is 0 Å². The summed E-state index contributed by atoms with van der Waals surface area (Å²) in [7, 11) is 0. The first-order chi connectivity index (χ1) is 12.8. The molecular formula is C18H18Cl2FN5O. The van der Waals surface area contributed by atoms with Crippen LogP contribution in [0.5, 0.6) is 0 Å². The fraction of sp³-hybridized carbons (Fsp3) is 0.278. The first-order valence-electron chi connectivity index (χ1n) is 8.24. The molecule has 0 radical (unpaired) electrons. The number of aromatic nitrogens is 4. The molecule has 1 N–H and O–H groups in total. The van der Waals surface area contributed by atoms with Gasteiger partial charge in [0.05, 0.1) is 34.8 Å². The highest BCUT2D eigenvalue weighted by molar-refractivity contribution is 6.32. The van der Waals surface area contributed by atoms with Gasteiger partial charge in [-0.3, -0.25) is 14.2 Å². The number of benzene rings is 1. The molecule has 1 aromatic carbocycles. The number of carbonyl (C=O) groups is 1. The van der Waals surface area contributed by atoms with Crippen LogP contribution in [0, 0.1) is 19.7 Å². The summed E-state index contributed by atoms with van der Waals surface area (Å²) in [6, 6.07) is 3.66. The van der Waals surface area contributed by atoms with E-state index in [1.54, 1.807) is 35.5 Å². The van der Waals surface area contributed by atoms with E-state index in [4.69, 9.17) is 23.2 Å². The van der Waals surface area contributed by atoms with Crippen LogP contribution in [0.4, 0.5) is 10.1 Å². The fourth-order valence-electron chi connectivity index (χ4n) is 2.72. The second kappa shape index (κ2) is 7.70. The van der Waals surface area contributed by atoms with Crippen LogP contribution in [0.3, 0.4) is 0 Å². The highest BCUT2D eigenvalue weighted by Crippen LogP contribution is 2.23. The van der Waals surface area contributed by atoms with Gasteiger partial charge in [0.1, 0.15) is 11.9 Å². The lowest BCUT2D eigenvalue weighted by Crippen LogP contribution is -2.25. The number of nitrogens with one attached hydrogen (secondary N) is 1. The van der Waals surface area contributed by atoms with Gasteiger partial charge in [0.25, 0.3) is 0 Å². The lowest BCUT2D eigenvalue weighted by atomic mass is 10.2. The van der Waals surface area contributed by atoms with Crippen molar-refractivity contribution in [3.05, 3.63) is 63.4 Å². The first-order valence-corrected chi connectivity index (χ1v) is 9.00. The number of carbonyl (C=O) groups excluding carboxylic acids is 1. The second-order valence-corrected chi connectivity index (χ2v) is 7.04. The van der Waals surface area contributed by atoms with Gasteiger partial charge >= 0.3 is 0 Å². The molecule has 6 nitrogen and oxygen atoms in total. The second-order valence-electron chi connectivity index (χ2n) is 6.26. The average molecular weight is 410 g/mol. The maximum Gasteiger partial charge on any atom is 0.249 e. The smallest absolute Gasteiger partial charge is 0.249 e. The molecule has 9 heteroatoms. The van der Waals surface area contributed by atoms with Crippen molar-refractivity contribution >= 4 is 34.8 Å². The normalized spacial score (nSPS) is 12.2. The Balaban J connectivity index is 1.69. The minimum atomic E-state index is -0.536. The lowest BCUT2D eigenvalue weighted by Gasteiger charge is -2.13. The van der Waals surface area contributed by atoms with Crippen LogP contribution < -0.4 is 5.32 Å². The summed E-state index contributed by atoms with van der Waals surface area (Å²) in [6.45, 7) is 5.71. The molecule has 1 unspecified atom stereocenters. The van der Waals surface area contributed by atoms with Crippen LogP contribution >= 0.6 is 23.2 Å². The Bertz CT molecular complexity index is 998. The van der Waals surface area contributed by atoms with Crippen LogP contribution in [0.1, 0.15) is 29.9 Å². The molecular weight excluding hydrogens is 392 g/mol. The van der Waals surface area contributed by atoms with E-state index in [1.807, 2.05) is 6.92 Å². The van der Waals surface area contributed by atoms with Gasteiger partial charge in [-0.25, -0.2) is 4.39 Å². The number of nitrogens with zero attached hydrogens (tertiary/aromatic N) is 4. The minimum Gasteiger partial charge on any atom is -0.322 e. The highest BCUT2D eigenvalue weighted by Gasteiger charge is 2.21. The minimum absolute atomic E-state index is 0.239. The molecule has 142 valence electrons. The van der Waals surface area contributed by atoms with Crippen LogP contribution in [0.15, 0.2) is 30.6 Å². The molecule has 3 rings (SSSR count). The van der Waals surface area contributed by atoms with Crippen molar-refractivity contribution in [2.75, 3.05) is 5.32 Å². The topological polar surface area (TPSA) is 64.7 Å². The molecule has 0 aliphatic rings. The summed E-state index contributed by atoms with van der Waals surface area (Å²) in [5.74, 6) is -0.632. The number of hydrogen-bond donors (Lipinski definition) is 1. The molecule has 0 fully saturated rings. The number of rotatable bonds is 5. The molecule has 0 aliphatic heterocycles. The van der Waals surface area contributed by atoms with Crippen LogP contribution in [0.2, 0.25) is 10.0 Å². The molecule has 0 saturated carbocycles. The van der Waals surface area contributed by atoms with Gasteiger partial charge in [0, 0.05) is 11.2 Å². The number of aryl methyl sites for hydroxylation is 1. The molecule has 2 heterocycles. The fourth-order valence-corrected chi connectivity index (χ4v) is 3.07. The summed E-state index contributed by atoms with van der Waals surface area (Å²) in [5.41, 5.74) is 2.68. The van der Waals surface area contributed by atoms with Crippen LogP contribution in [-0.4, -0.2) is 25.5 Å². The third-order valence-electron chi connectivity index (χ3n) is 4.23. The van der Waals surface area contributed by atoms with Crippen molar-refractivity contribution in [2.24, 2.45) is 0 Å². The van der Waals surface area contributed by atoms with Crippen LogP contribution in [0.25, 0.3) is 0 Å². The van der Waals surface area contributed by atoms with Gasteiger partial charge in [0.15, 0.2) is 0 Å². The van der Waals surface area contributed by atoms with E-state index in [1.165, 1.54) is 18.3 Å². The van der Waals surface area contributed by atoms with Gasteiger partial charge in [-0.05, 0) is 38.5 Å². The maximum absolute atomic E-state index is 13.1. The number of amides is 1. The average Bonchev–Trinajstić information content (AvgIpc) is 3.16. The summed E-state index contributed by atoms with van der Waals surface area (Å²) in [5, 5.41) is 12.2. The third-order valence-corrected chi connectivity index (χ3v) is 5.13. The Kier molecular flexibility index (Phi) is 5.53. The van der Waals surface area contributed by atoms with Crippen molar-refractivity contribution in [1.82, 2.24) is 19.6 Å². The molecule has 1 atom stereocenters. The van der Waals surface area contributed by atoms with Gasteiger partial charge in [-0.2, -0.15) is 10.2 Å². The first kappa shape index (κ1) is 19.4. The molecule has 1 amide bonds. The van der Waals surface area contributed by atoms with Gasteiger partial charge in [-0.15, -0.1) is 0 Å². The monoisotopic (exact) mass is 409 g/mol. The zero-order valence-electron chi connectivity index (χ0n) is 15.0. The van der Waals surface area contributed by atoms with E-state index in [0.29, 0.717) is 28.0 Å². The summed E-state index contributed by atoms with van der Waals surface area (Å²) in [4.78, 5) is 12.5. The quantitative estimate of drug-likeness (QED) is 0.679. The Morgan fingerprint density at radius 3 is 2.70 bits per heavy atom. The number of hydrogen-bond acceptors (Lipinski definition) is 3. The van der Waals surface area contributed by atoms with E-state index in [2.05, 4.69) is 15.5 Å². The predicted octanol–water partition coefficient (Wildman–Crippen LogP) is 4.39. The van der Waals surface area contributed by atoms with Gasteiger partial charge < -0.3 is 5.32 Å². The molecule has 0 bridgehead atoms. The molecule has 0 aliphatic carbocycles. The third kappa shape index (κ3) is 4.14. The van der Waals surface area contributed by atoms with Crippen molar-refractivity contribution < 1.29 is 9.18 Å². The van der Waals surface area contributed by atoms with E-state index in [9.17, 15) is 9.18 Å². The number of anilines is 1. The van der Waals surface area contributed by atoms with E-state index < -0.39 is 11.9 Å². The van der Waals surface area contributed by atoms with Gasteiger partial charge in [0.2, 0.25) is 5.91 Å². The van der Waals surface area contributed by atoms with Crippen molar-refractivity contribution in [3.63, 3.8) is 0 Å². The molecule has 0 spiro atoms. The van der Waals surface area contributed by atoms with E-state index in [-0.39, 0.29) is 5.91 Å². The van der Waals surface area contributed by atoms with Crippen molar-refractivity contribution in [3.8, 4) is 0 Å². The lowest BCUT2D eigenvalue weighted by molar-refractivity contribution is -0.119. The Morgan fingerprint density at radius 1 is 1.33 bits per heavy atom. The largest absolute Gasteiger partial charge is 0.322 e. The number of halogens is 3. The van der Waals surface area contributed by atoms with Crippen LogP contribution in [-0.2, 0) is 11.3 Å². The Labute approximate surface area is 165 Å². The molecule has 27 heavy (non-hydrogen) atoms. The van der Waals surface area contributed by atoms with Crippen molar-refractivity contribution in [2.45, 2.75) is 33.4 Å². The molecule has 3 aromatic rings. The summed E-state index contributed by atoms with van der Waals surface area (Å²) < 4.78 is 16.3. The zero-order valence-corrected chi connectivity index (χ0v) is 16.5. The molecule has 2 aromatic heterocycles. The SMILES string of the molecule is Cc1nn(C(C)C(=O)Nc2cnn(Cc3ccc(F)cc3Cl)c2)c(C)c1Cl. The predicted molar refractivity (Wildman–Crippen MR) is 103 cm³/mol. The molecule has 0 saturated heterocycles. The maximum atomic E-state index is 13.1. The Morgan fingerprint density at radius 2 is 2.07 bits per heavy atom. The van der Waals surface area contributed by atoms with E-state index in [0.717, 1.165) is 11.3 Å². The Hall–Kier alpha value is -2.38. The van der Waals surface area contributed by atoms with Gasteiger partial charge in [-0.1, -0.05) is 29.3 Å². The summed E-state index contributed by atoms with van der Waals surface area (Å²) in [6.07, 6.45) is 3.22. The standard InChI is InChI=1S/C18H18Cl2FN5O/c1-10-17(20)11(2)26(24-10)12(3)18(27)23-15-7-22-25(9-15)8-13-4-5-14(21)6-16(13)19/h4-7,9,12H,8H2,1-3H3,(H,23,27). The highest BCUT2D eigenvalue weighted by atomic mass is 35.5. The van der Waals surface area contributed by atoms with E-state index >= 15 is 0 Å². The summed E-state index contributed by atoms with van der Waals surface area (Å²) >= 11 is 12.2. The zero-order chi connectivity index (χ0) is 19.7.